The lowest BCUT2D eigenvalue weighted by Gasteiger charge is -2.02. The van der Waals surface area contributed by atoms with Gasteiger partial charge < -0.3 is 10.2 Å². The van der Waals surface area contributed by atoms with Crippen molar-refractivity contribution in [1.29, 1.82) is 0 Å². The van der Waals surface area contributed by atoms with Crippen LogP contribution in [0.3, 0.4) is 0 Å². The molecule has 0 aliphatic heterocycles. The average molecular weight is 267 g/mol. The number of hydrogen-bond donors (Lipinski definition) is 2. The molecule has 6 nitrogen and oxygen atoms in total. The van der Waals surface area contributed by atoms with Gasteiger partial charge >= 0.3 is 5.97 Å². The van der Waals surface area contributed by atoms with Gasteiger partial charge in [-0.15, -0.1) is 0 Å². The molecule has 0 aliphatic carbocycles. The Hall–Kier alpha value is -2.70. The van der Waals surface area contributed by atoms with Crippen LogP contribution < -0.4 is 5.43 Å². The van der Waals surface area contributed by atoms with Crippen molar-refractivity contribution in [3.8, 4) is 0 Å². The van der Waals surface area contributed by atoms with E-state index in [0.717, 1.165) is 6.92 Å². The number of carboxylic acid groups (broad SMARTS) is 2. The number of para-hydroxylation sites is 1. The van der Waals surface area contributed by atoms with Gasteiger partial charge in [0, 0.05) is 12.3 Å². The van der Waals surface area contributed by atoms with Crippen molar-refractivity contribution in [3.05, 3.63) is 46.2 Å². The minimum absolute atomic E-state index is 0.0555. The van der Waals surface area contributed by atoms with Gasteiger partial charge in [0.2, 0.25) is 5.43 Å². The number of aliphatic carboxylic acids is 1. The fraction of sp³-hybridized carbons (Fsp3) is 0.0833. The second-order valence-electron chi connectivity index (χ2n) is 3.52. The van der Waals surface area contributed by atoms with Gasteiger partial charge in [0.05, 0.1) is 11.7 Å². The van der Waals surface area contributed by atoms with Crippen LogP contribution in [0.25, 0.3) is 10.9 Å². The summed E-state index contributed by atoms with van der Waals surface area (Å²) in [6.45, 7) is 1.08. The molecule has 0 saturated heterocycles. The molecule has 1 aromatic heterocycles. The molecule has 0 unspecified atom stereocenters. The summed E-state index contributed by atoms with van der Waals surface area (Å²) in [7, 11) is 0. The second kappa shape index (κ2) is 5.76. The van der Waals surface area contributed by atoms with E-state index in [2.05, 4.69) is 0 Å². The molecule has 0 bridgehead atoms. The number of aromatic nitrogens is 1. The number of carbonyl (C=O) groups is 2. The molecule has 0 saturated carbocycles. The molecule has 0 aliphatic rings. The fourth-order valence-corrected chi connectivity index (χ4v) is 1.39. The molecular weight excluding hydrogens is 257 g/mol. The van der Waals surface area contributed by atoms with E-state index in [1.54, 1.807) is 12.1 Å². The maximum atomic E-state index is 13.3. The topological polar surface area (TPSA) is 96.6 Å². The second-order valence-corrected chi connectivity index (χ2v) is 3.52. The quantitative estimate of drug-likeness (QED) is 0.816. The summed E-state index contributed by atoms with van der Waals surface area (Å²) in [4.78, 5) is 31.3. The van der Waals surface area contributed by atoms with Crippen molar-refractivity contribution in [1.82, 2.24) is 4.79 Å². The number of pyridine rings is 1. The number of nitrogens with zero attached hydrogens (tertiary/aromatic N) is 1. The SMILES string of the molecule is CC(=O)O.O=C(O)c1cn(F)c2ccccc2c1=O. The Morgan fingerprint density at radius 2 is 1.74 bits per heavy atom. The summed E-state index contributed by atoms with van der Waals surface area (Å²) >= 11 is 0. The first-order valence-corrected chi connectivity index (χ1v) is 5.08. The fourth-order valence-electron chi connectivity index (χ4n) is 1.39. The Kier molecular flexibility index (Phi) is 4.36. The van der Waals surface area contributed by atoms with Crippen LogP contribution in [0, 0.1) is 0 Å². The third-order valence-electron chi connectivity index (χ3n) is 2.10. The normalized spacial score (nSPS) is 9.58. The number of aromatic carboxylic acids is 1. The first-order valence-electron chi connectivity index (χ1n) is 5.08. The standard InChI is InChI=1S/C10H6FNO3.C2H4O2/c11-12-5-7(10(14)15)9(13)6-3-1-2-4-8(6)12;1-2(3)4/h1-5H,(H,14,15);1H3,(H,3,4). The van der Waals surface area contributed by atoms with Crippen LogP contribution in [-0.4, -0.2) is 26.9 Å². The zero-order valence-electron chi connectivity index (χ0n) is 9.83. The molecule has 1 heterocycles. The Morgan fingerprint density at radius 1 is 1.21 bits per heavy atom. The van der Waals surface area contributed by atoms with Crippen molar-refractivity contribution in [3.63, 3.8) is 0 Å². The van der Waals surface area contributed by atoms with E-state index in [1.165, 1.54) is 12.1 Å². The molecule has 2 rings (SSSR count). The Bertz CT molecular complexity index is 688. The Labute approximate surface area is 106 Å². The van der Waals surface area contributed by atoms with Gasteiger partial charge in [-0.05, 0) is 12.1 Å². The lowest BCUT2D eigenvalue weighted by molar-refractivity contribution is -0.134. The number of fused-ring (bicyclic) bond motifs is 1. The molecule has 1 aromatic carbocycles. The molecule has 0 amide bonds. The van der Waals surface area contributed by atoms with Gasteiger partial charge in [-0.25, -0.2) is 4.79 Å². The highest BCUT2D eigenvalue weighted by molar-refractivity contribution is 5.92. The number of carboxylic acids is 2. The van der Waals surface area contributed by atoms with Gasteiger partial charge in [0.15, 0.2) is 0 Å². The molecule has 0 atom stereocenters. The summed E-state index contributed by atoms with van der Waals surface area (Å²) in [6.07, 6.45) is 0.674. The smallest absolute Gasteiger partial charge is 0.341 e. The van der Waals surface area contributed by atoms with Crippen LogP contribution in [0.2, 0.25) is 0 Å². The largest absolute Gasteiger partial charge is 0.481 e. The summed E-state index contributed by atoms with van der Waals surface area (Å²) < 4.78 is 13.3. The van der Waals surface area contributed by atoms with Crippen molar-refractivity contribution < 1.29 is 24.3 Å². The van der Waals surface area contributed by atoms with E-state index in [-0.39, 0.29) is 15.7 Å². The Morgan fingerprint density at radius 3 is 2.26 bits per heavy atom. The monoisotopic (exact) mass is 267 g/mol. The molecule has 2 N–H and O–H groups in total. The highest BCUT2D eigenvalue weighted by Gasteiger charge is 2.13. The predicted molar refractivity (Wildman–Crippen MR) is 65.0 cm³/mol. The Balaban J connectivity index is 0.000000399. The molecule has 0 spiro atoms. The molecule has 0 fully saturated rings. The van der Waals surface area contributed by atoms with Crippen LogP contribution in [0.5, 0.6) is 0 Å². The number of hydrogen-bond acceptors (Lipinski definition) is 3. The van der Waals surface area contributed by atoms with Gasteiger partial charge in [0.1, 0.15) is 5.56 Å². The van der Waals surface area contributed by atoms with Gasteiger partial charge in [-0.2, -0.15) is 4.79 Å². The highest BCUT2D eigenvalue weighted by Crippen LogP contribution is 2.11. The van der Waals surface area contributed by atoms with E-state index in [4.69, 9.17) is 15.0 Å². The summed E-state index contributed by atoms with van der Waals surface area (Å²) in [5.41, 5.74) is -1.18. The zero-order chi connectivity index (χ0) is 14.6. The molecular formula is C12H10FNO5. The predicted octanol–water partition coefficient (Wildman–Crippen LogP) is 1.52. The highest BCUT2D eigenvalue weighted by atomic mass is 19.2. The minimum atomic E-state index is -1.43. The van der Waals surface area contributed by atoms with Crippen LogP contribution >= 0.6 is 0 Å². The van der Waals surface area contributed by atoms with Crippen LogP contribution in [0.4, 0.5) is 4.48 Å². The number of benzene rings is 1. The van der Waals surface area contributed by atoms with E-state index < -0.39 is 22.9 Å². The third-order valence-corrected chi connectivity index (χ3v) is 2.10. The van der Waals surface area contributed by atoms with Gasteiger partial charge in [-0.3, -0.25) is 9.59 Å². The van der Waals surface area contributed by atoms with E-state index in [9.17, 15) is 14.1 Å². The lowest BCUT2D eigenvalue weighted by atomic mass is 10.1. The molecule has 2 aromatic rings. The van der Waals surface area contributed by atoms with Crippen LogP contribution in [-0.2, 0) is 4.79 Å². The minimum Gasteiger partial charge on any atom is -0.481 e. The van der Waals surface area contributed by atoms with Crippen molar-refractivity contribution in [2.75, 3.05) is 0 Å². The van der Waals surface area contributed by atoms with Crippen LogP contribution in [0.15, 0.2) is 35.3 Å². The molecule has 0 radical (unpaired) electrons. The molecule has 100 valence electrons. The van der Waals surface area contributed by atoms with E-state index in [1.807, 2.05) is 0 Å². The van der Waals surface area contributed by atoms with Gasteiger partial charge in [-0.1, -0.05) is 16.6 Å². The van der Waals surface area contributed by atoms with E-state index in [0.29, 0.717) is 6.20 Å². The summed E-state index contributed by atoms with van der Waals surface area (Å²) in [6, 6.07) is 5.91. The first-order chi connectivity index (χ1) is 8.84. The molecule has 19 heavy (non-hydrogen) atoms. The van der Waals surface area contributed by atoms with Gasteiger partial charge in [0.25, 0.3) is 5.97 Å². The van der Waals surface area contributed by atoms with Crippen molar-refractivity contribution in [2.45, 2.75) is 6.92 Å². The molecule has 7 heteroatoms. The van der Waals surface area contributed by atoms with Crippen molar-refractivity contribution in [2.24, 2.45) is 0 Å². The number of halogens is 1. The lowest BCUT2D eigenvalue weighted by Crippen LogP contribution is -2.16. The average Bonchev–Trinajstić information content (AvgIpc) is 2.33. The third kappa shape index (κ3) is 3.38. The maximum absolute atomic E-state index is 13.3. The van der Waals surface area contributed by atoms with Crippen LogP contribution in [0.1, 0.15) is 17.3 Å². The maximum Gasteiger partial charge on any atom is 0.341 e. The summed E-state index contributed by atoms with van der Waals surface area (Å²) in [5, 5.41) is 16.1. The summed E-state index contributed by atoms with van der Waals surface area (Å²) in [5.74, 6) is -2.27. The van der Waals surface area contributed by atoms with E-state index >= 15 is 0 Å². The zero-order valence-corrected chi connectivity index (χ0v) is 9.83. The number of rotatable bonds is 1. The first kappa shape index (κ1) is 14.4. The van der Waals surface area contributed by atoms with Crippen molar-refractivity contribution >= 4 is 22.8 Å².